The number of amides is 2. The normalized spacial score (nSPS) is 9.59. The molecule has 0 radical (unpaired) electrons. The number of anilines is 1. The van der Waals surface area contributed by atoms with Gasteiger partial charge in [0.15, 0.2) is 0 Å². The lowest BCUT2D eigenvalue weighted by Crippen LogP contribution is -2.29. The highest BCUT2D eigenvalue weighted by Crippen LogP contribution is 2.31. The first-order valence-corrected chi connectivity index (χ1v) is 5.87. The maximum Gasteiger partial charge on any atom is 0.319 e. The van der Waals surface area contributed by atoms with E-state index in [2.05, 4.69) is 33.1 Å². The molecule has 1 aromatic rings. The first-order valence-electron chi connectivity index (χ1n) is 5.08. The van der Waals surface area contributed by atoms with Crippen molar-refractivity contribution < 1.29 is 9.53 Å². The lowest BCUT2D eigenvalue weighted by Gasteiger charge is -2.13. The molecular weight excluding hydrogens is 284 g/mol. The molecule has 0 heterocycles. The SMILES string of the molecule is C=CCNC(=O)Nc1c(C)cc(Br)cc1OC. The zero-order chi connectivity index (χ0) is 12.8. The van der Waals surface area contributed by atoms with E-state index in [0.717, 1.165) is 10.0 Å². The zero-order valence-corrected chi connectivity index (χ0v) is 11.4. The second kappa shape index (κ2) is 6.30. The van der Waals surface area contributed by atoms with E-state index < -0.39 is 0 Å². The Labute approximate surface area is 109 Å². The number of carbonyl (C=O) groups is 1. The van der Waals surface area contributed by atoms with Gasteiger partial charge in [0.05, 0.1) is 12.8 Å². The van der Waals surface area contributed by atoms with Gasteiger partial charge in [0, 0.05) is 11.0 Å². The Hall–Kier alpha value is -1.49. The van der Waals surface area contributed by atoms with Crippen LogP contribution in [-0.2, 0) is 0 Å². The van der Waals surface area contributed by atoms with Crippen LogP contribution >= 0.6 is 15.9 Å². The molecule has 0 aromatic heterocycles. The first-order chi connectivity index (χ1) is 8.08. The molecule has 0 unspecified atom stereocenters. The summed E-state index contributed by atoms with van der Waals surface area (Å²) >= 11 is 3.37. The van der Waals surface area contributed by atoms with Crippen molar-refractivity contribution in [2.24, 2.45) is 0 Å². The van der Waals surface area contributed by atoms with Crippen LogP contribution in [0.3, 0.4) is 0 Å². The van der Waals surface area contributed by atoms with Crippen molar-refractivity contribution >= 4 is 27.6 Å². The largest absolute Gasteiger partial charge is 0.495 e. The maximum absolute atomic E-state index is 11.5. The number of nitrogens with one attached hydrogen (secondary N) is 2. The van der Waals surface area contributed by atoms with Crippen LogP contribution in [0, 0.1) is 6.92 Å². The number of hydrogen-bond acceptors (Lipinski definition) is 2. The molecule has 0 aliphatic heterocycles. The minimum Gasteiger partial charge on any atom is -0.495 e. The van der Waals surface area contributed by atoms with Crippen molar-refractivity contribution in [2.45, 2.75) is 6.92 Å². The van der Waals surface area contributed by atoms with Gasteiger partial charge in [-0.1, -0.05) is 22.0 Å². The number of benzene rings is 1. The van der Waals surface area contributed by atoms with Crippen molar-refractivity contribution in [2.75, 3.05) is 19.0 Å². The first kappa shape index (κ1) is 13.6. The summed E-state index contributed by atoms with van der Waals surface area (Å²) < 4.78 is 6.13. The Morgan fingerprint density at radius 1 is 1.59 bits per heavy atom. The van der Waals surface area contributed by atoms with Crippen LogP contribution in [0.15, 0.2) is 29.3 Å². The molecule has 0 atom stereocenters. The second-order valence-electron chi connectivity index (χ2n) is 3.42. The monoisotopic (exact) mass is 298 g/mol. The van der Waals surface area contributed by atoms with E-state index in [9.17, 15) is 4.79 Å². The van der Waals surface area contributed by atoms with Gasteiger partial charge in [0.2, 0.25) is 0 Å². The van der Waals surface area contributed by atoms with Crippen molar-refractivity contribution in [3.63, 3.8) is 0 Å². The van der Waals surface area contributed by atoms with Gasteiger partial charge in [-0.2, -0.15) is 0 Å². The number of aryl methyl sites for hydroxylation is 1. The number of hydrogen-bond donors (Lipinski definition) is 2. The van der Waals surface area contributed by atoms with E-state index in [4.69, 9.17) is 4.74 Å². The van der Waals surface area contributed by atoms with Crippen LogP contribution in [0.1, 0.15) is 5.56 Å². The standard InChI is InChI=1S/C12H15BrN2O2/c1-4-5-14-12(16)15-11-8(2)6-9(13)7-10(11)17-3/h4,6-7H,1,5H2,2-3H3,(H2,14,15,16). The fourth-order valence-corrected chi connectivity index (χ4v) is 1.91. The molecule has 2 amide bonds. The van der Waals surface area contributed by atoms with E-state index in [1.165, 1.54) is 0 Å². The van der Waals surface area contributed by atoms with Gasteiger partial charge in [-0.05, 0) is 24.6 Å². The highest BCUT2D eigenvalue weighted by Gasteiger charge is 2.10. The topological polar surface area (TPSA) is 50.4 Å². The van der Waals surface area contributed by atoms with E-state index >= 15 is 0 Å². The molecule has 17 heavy (non-hydrogen) atoms. The van der Waals surface area contributed by atoms with Crippen LogP contribution in [0.25, 0.3) is 0 Å². The summed E-state index contributed by atoms with van der Waals surface area (Å²) in [5, 5.41) is 5.39. The summed E-state index contributed by atoms with van der Waals surface area (Å²) in [5.74, 6) is 0.616. The summed E-state index contributed by atoms with van der Waals surface area (Å²) in [6.45, 7) is 5.85. The third-order valence-electron chi connectivity index (χ3n) is 2.13. The van der Waals surface area contributed by atoms with Gasteiger partial charge in [0.1, 0.15) is 5.75 Å². The Morgan fingerprint density at radius 2 is 2.29 bits per heavy atom. The van der Waals surface area contributed by atoms with E-state index in [1.54, 1.807) is 19.3 Å². The summed E-state index contributed by atoms with van der Waals surface area (Å²) in [4.78, 5) is 11.5. The number of carbonyl (C=O) groups excluding carboxylic acids is 1. The van der Waals surface area contributed by atoms with Crippen LogP contribution in [0.4, 0.5) is 10.5 Å². The van der Waals surface area contributed by atoms with E-state index in [0.29, 0.717) is 18.0 Å². The van der Waals surface area contributed by atoms with Gasteiger partial charge in [-0.15, -0.1) is 6.58 Å². The van der Waals surface area contributed by atoms with Crippen molar-refractivity contribution in [1.29, 1.82) is 0 Å². The molecule has 0 spiro atoms. The molecule has 0 aliphatic carbocycles. The molecule has 1 rings (SSSR count). The molecule has 92 valence electrons. The Kier molecular flexibility index (Phi) is 5.03. The second-order valence-corrected chi connectivity index (χ2v) is 4.34. The number of methoxy groups -OCH3 is 1. The molecule has 1 aromatic carbocycles. The van der Waals surface area contributed by atoms with Crippen LogP contribution in [0.5, 0.6) is 5.75 Å². The van der Waals surface area contributed by atoms with Crippen molar-refractivity contribution in [3.8, 4) is 5.75 Å². The summed E-state index contributed by atoms with van der Waals surface area (Å²) in [7, 11) is 1.56. The average molecular weight is 299 g/mol. The fraction of sp³-hybridized carbons (Fsp3) is 0.250. The highest BCUT2D eigenvalue weighted by molar-refractivity contribution is 9.10. The quantitative estimate of drug-likeness (QED) is 0.839. The van der Waals surface area contributed by atoms with Gasteiger partial charge in [-0.3, -0.25) is 0 Å². The highest BCUT2D eigenvalue weighted by atomic mass is 79.9. The Morgan fingerprint density at radius 3 is 2.88 bits per heavy atom. The zero-order valence-electron chi connectivity index (χ0n) is 9.84. The molecule has 0 fully saturated rings. The molecule has 0 saturated carbocycles. The minimum absolute atomic E-state index is 0.284. The van der Waals surface area contributed by atoms with E-state index in [1.807, 2.05) is 13.0 Å². The van der Waals surface area contributed by atoms with Crippen molar-refractivity contribution in [1.82, 2.24) is 5.32 Å². The van der Waals surface area contributed by atoms with Crippen molar-refractivity contribution in [3.05, 3.63) is 34.8 Å². The van der Waals surface area contributed by atoms with Crippen LogP contribution < -0.4 is 15.4 Å². The predicted molar refractivity (Wildman–Crippen MR) is 72.6 cm³/mol. The lowest BCUT2D eigenvalue weighted by atomic mass is 10.2. The fourth-order valence-electron chi connectivity index (χ4n) is 1.36. The summed E-state index contributed by atoms with van der Waals surface area (Å²) in [6.07, 6.45) is 1.62. The molecule has 5 heteroatoms. The number of ether oxygens (including phenoxy) is 1. The number of halogens is 1. The number of rotatable bonds is 4. The molecular formula is C12H15BrN2O2. The third-order valence-corrected chi connectivity index (χ3v) is 2.59. The molecule has 0 saturated heterocycles. The van der Waals surface area contributed by atoms with Crippen LogP contribution in [-0.4, -0.2) is 19.7 Å². The Bertz CT molecular complexity index is 433. The predicted octanol–water partition coefficient (Wildman–Crippen LogP) is 3.07. The summed E-state index contributed by atoms with van der Waals surface area (Å²) in [6, 6.07) is 3.43. The number of urea groups is 1. The molecule has 2 N–H and O–H groups in total. The van der Waals surface area contributed by atoms with Gasteiger partial charge < -0.3 is 15.4 Å². The molecule has 0 bridgehead atoms. The lowest BCUT2D eigenvalue weighted by molar-refractivity contribution is 0.253. The average Bonchev–Trinajstić information content (AvgIpc) is 2.29. The summed E-state index contributed by atoms with van der Waals surface area (Å²) in [5.41, 5.74) is 1.59. The Balaban J connectivity index is 2.89. The smallest absolute Gasteiger partial charge is 0.319 e. The van der Waals surface area contributed by atoms with Crippen LogP contribution in [0.2, 0.25) is 0 Å². The minimum atomic E-state index is -0.284. The third kappa shape index (κ3) is 3.78. The van der Waals surface area contributed by atoms with E-state index in [-0.39, 0.29) is 6.03 Å². The molecule has 4 nitrogen and oxygen atoms in total. The van der Waals surface area contributed by atoms with Gasteiger partial charge in [0.25, 0.3) is 0 Å². The maximum atomic E-state index is 11.5. The molecule has 0 aliphatic rings. The van der Waals surface area contributed by atoms with Gasteiger partial charge >= 0.3 is 6.03 Å². The van der Waals surface area contributed by atoms with Gasteiger partial charge in [-0.25, -0.2) is 4.79 Å².